The van der Waals surface area contributed by atoms with E-state index in [9.17, 15) is 13.2 Å². The summed E-state index contributed by atoms with van der Waals surface area (Å²) in [7, 11) is -2.19. The Labute approximate surface area is 178 Å². The lowest BCUT2D eigenvalue weighted by atomic mass is 10.2. The SMILES string of the molecule is CC(C)Sc1nnc(NC(=O)c2ccc(N(C)S(=O)(=O)c3ccccc3)cc2)s1. The highest BCUT2D eigenvalue weighted by Crippen LogP contribution is 2.29. The van der Waals surface area contributed by atoms with Gasteiger partial charge in [-0.3, -0.25) is 14.4 Å². The number of anilines is 2. The number of aromatic nitrogens is 2. The average Bonchev–Trinajstić information content (AvgIpc) is 3.14. The number of amides is 1. The summed E-state index contributed by atoms with van der Waals surface area (Å²) in [6.07, 6.45) is 0. The van der Waals surface area contributed by atoms with Crippen LogP contribution in [0.3, 0.4) is 0 Å². The Morgan fingerprint density at radius 2 is 1.72 bits per heavy atom. The third-order valence-corrected chi connectivity index (χ3v) is 7.58. The second-order valence-corrected chi connectivity index (χ2v) is 11.1. The van der Waals surface area contributed by atoms with Gasteiger partial charge in [0.25, 0.3) is 15.9 Å². The Hall–Kier alpha value is -2.43. The molecule has 10 heteroatoms. The number of sulfonamides is 1. The lowest BCUT2D eigenvalue weighted by Crippen LogP contribution is -2.26. The van der Waals surface area contributed by atoms with Crippen LogP contribution < -0.4 is 9.62 Å². The molecule has 29 heavy (non-hydrogen) atoms. The van der Waals surface area contributed by atoms with Crippen molar-refractivity contribution in [1.82, 2.24) is 10.2 Å². The van der Waals surface area contributed by atoms with Gasteiger partial charge in [0.05, 0.1) is 10.6 Å². The lowest BCUT2D eigenvalue weighted by molar-refractivity contribution is 0.102. The van der Waals surface area contributed by atoms with Gasteiger partial charge in [-0.15, -0.1) is 10.2 Å². The topological polar surface area (TPSA) is 92.3 Å². The summed E-state index contributed by atoms with van der Waals surface area (Å²) in [5, 5.41) is 11.5. The number of carbonyl (C=O) groups excluding carboxylic acids is 1. The van der Waals surface area contributed by atoms with Gasteiger partial charge in [0.15, 0.2) is 4.34 Å². The minimum Gasteiger partial charge on any atom is -0.296 e. The summed E-state index contributed by atoms with van der Waals surface area (Å²) in [6, 6.07) is 14.5. The van der Waals surface area contributed by atoms with E-state index in [0.29, 0.717) is 21.6 Å². The molecular weight excluding hydrogens is 428 g/mol. The first-order valence-corrected chi connectivity index (χ1v) is 11.9. The summed E-state index contributed by atoms with van der Waals surface area (Å²) in [5.74, 6) is -0.331. The summed E-state index contributed by atoms with van der Waals surface area (Å²) in [5.41, 5.74) is 0.851. The standard InChI is InChI=1S/C19H20N4O3S3/c1-13(2)27-19-22-21-18(28-19)20-17(24)14-9-11-15(12-10-14)23(3)29(25,26)16-7-5-4-6-8-16/h4-13H,1-3H3,(H,20,21,24). The summed E-state index contributed by atoms with van der Waals surface area (Å²) in [4.78, 5) is 12.6. The van der Waals surface area contributed by atoms with Gasteiger partial charge >= 0.3 is 0 Å². The number of carbonyl (C=O) groups is 1. The molecule has 0 saturated carbocycles. The van der Waals surface area contributed by atoms with Crippen molar-refractivity contribution in [2.24, 2.45) is 0 Å². The van der Waals surface area contributed by atoms with E-state index in [-0.39, 0.29) is 10.8 Å². The maximum Gasteiger partial charge on any atom is 0.264 e. The molecule has 0 radical (unpaired) electrons. The van der Waals surface area contributed by atoms with Crippen molar-refractivity contribution in [2.75, 3.05) is 16.7 Å². The smallest absolute Gasteiger partial charge is 0.264 e. The summed E-state index contributed by atoms with van der Waals surface area (Å²) in [6.45, 7) is 4.11. The molecule has 3 aromatic rings. The highest BCUT2D eigenvalue weighted by molar-refractivity contribution is 8.01. The van der Waals surface area contributed by atoms with Gasteiger partial charge < -0.3 is 0 Å². The molecule has 0 aliphatic rings. The molecule has 0 unspecified atom stereocenters. The first kappa shape index (κ1) is 21.3. The van der Waals surface area contributed by atoms with Crippen LogP contribution in [0.25, 0.3) is 0 Å². The molecule has 0 aliphatic carbocycles. The van der Waals surface area contributed by atoms with Gasteiger partial charge in [-0.1, -0.05) is 55.1 Å². The zero-order valence-electron chi connectivity index (χ0n) is 16.1. The quantitative estimate of drug-likeness (QED) is 0.432. The van der Waals surface area contributed by atoms with Crippen molar-refractivity contribution in [3.05, 3.63) is 60.2 Å². The number of benzene rings is 2. The van der Waals surface area contributed by atoms with E-state index in [1.807, 2.05) is 0 Å². The fourth-order valence-corrected chi connectivity index (χ4v) is 5.58. The zero-order valence-corrected chi connectivity index (χ0v) is 18.5. The van der Waals surface area contributed by atoms with Crippen LogP contribution in [0.5, 0.6) is 0 Å². The molecule has 0 bridgehead atoms. The highest BCUT2D eigenvalue weighted by atomic mass is 32.2. The first-order chi connectivity index (χ1) is 13.8. The Kier molecular flexibility index (Phi) is 6.56. The Morgan fingerprint density at radius 1 is 1.07 bits per heavy atom. The van der Waals surface area contributed by atoms with E-state index in [1.54, 1.807) is 66.4 Å². The van der Waals surface area contributed by atoms with Gasteiger partial charge in [0.1, 0.15) is 0 Å². The molecule has 0 saturated heterocycles. The molecule has 2 aromatic carbocycles. The number of hydrogen-bond donors (Lipinski definition) is 1. The van der Waals surface area contributed by atoms with Gasteiger partial charge in [-0.2, -0.15) is 0 Å². The van der Waals surface area contributed by atoms with E-state index < -0.39 is 10.0 Å². The lowest BCUT2D eigenvalue weighted by Gasteiger charge is -2.19. The van der Waals surface area contributed by atoms with Crippen molar-refractivity contribution in [3.8, 4) is 0 Å². The second-order valence-electron chi connectivity index (χ2n) is 6.33. The van der Waals surface area contributed by atoms with Crippen LogP contribution >= 0.6 is 23.1 Å². The maximum atomic E-state index is 12.7. The van der Waals surface area contributed by atoms with E-state index >= 15 is 0 Å². The molecular formula is C19H20N4O3S3. The fourth-order valence-electron chi connectivity index (χ4n) is 2.39. The van der Waals surface area contributed by atoms with Gasteiger partial charge in [0.2, 0.25) is 5.13 Å². The van der Waals surface area contributed by atoms with Crippen molar-refractivity contribution in [1.29, 1.82) is 0 Å². The minimum atomic E-state index is -3.67. The molecule has 0 atom stereocenters. The molecule has 7 nitrogen and oxygen atoms in total. The second kappa shape index (κ2) is 8.93. The van der Waals surface area contributed by atoms with Crippen LogP contribution in [0.4, 0.5) is 10.8 Å². The zero-order chi connectivity index (χ0) is 21.0. The predicted molar refractivity (Wildman–Crippen MR) is 117 cm³/mol. The largest absolute Gasteiger partial charge is 0.296 e. The molecule has 1 N–H and O–H groups in total. The van der Waals surface area contributed by atoms with Gasteiger partial charge in [-0.05, 0) is 36.4 Å². The Balaban J connectivity index is 1.71. The molecule has 0 spiro atoms. The number of rotatable bonds is 7. The van der Waals surface area contributed by atoms with Crippen LogP contribution in [0, 0.1) is 0 Å². The van der Waals surface area contributed by atoms with Crippen LogP contribution in [-0.2, 0) is 10.0 Å². The number of nitrogens with zero attached hydrogens (tertiary/aromatic N) is 3. The molecule has 152 valence electrons. The monoisotopic (exact) mass is 448 g/mol. The van der Waals surface area contributed by atoms with E-state index in [2.05, 4.69) is 29.4 Å². The van der Waals surface area contributed by atoms with Crippen LogP contribution in [0.2, 0.25) is 0 Å². The van der Waals surface area contributed by atoms with Crippen molar-refractivity contribution < 1.29 is 13.2 Å². The molecule has 0 aliphatic heterocycles. The van der Waals surface area contributed by atoms with E-state index in [0.717, 1.165) is 4.34 Å². The van der Waals surface area contributed by atoms with Gasteiger partial charge in [-0.25, -0.2) is 8.42 Å². The first-order valence-electron chi connectivity index (χ1n) is 8.73. The fraction of sp³-hybridized carbons (Fsp3) is 0.211. The molecule has 1 heterocycles. The molecule has 1 aromatic heterocycles. The average molecular weight is 449 g/mol. The van der Waals surface area contributed by atoms with Crippen molar-refractivity contribution >= 4 is 49.8 Å². The Bertz CT molecular complexity index is 1080. The predicted octanol–water partition coefficient (Wildman–Crippen LogP) is 4.12. The van der Waals surface area contributed by atoms with Crippen molar-refractivity contribution in [3.63, 3.8) is 0 Å². The maximum absolute atomic E-state index is 12.7. The minimum absolute atomic E-state index is 0.204. The van der Waals surface area contributed by atoms with Crippen LogP contribution in [0.15, 0.2) is 63.8 Å². The molecule has 3 rings (SSSR count). The molecule has 1 amide bonds. The third kappa shape index (κ3) is 5.14. The normalized spacial score (nSPS) is 11.4. The third-order valence-electron chi connectivity index (χ3n) is 3.86. The van der Waals surface area contributed by atoms with Gasteiger partial charge in [0, 0.05) is 17.9 Å². The van der Waals surface area contributed by atoms with E-state index in [4.69, 9.17) is 0 Å². The molecule has 0 fully saturated rings. The number of nitrogens with one attached hydrogen (secondary N) is 1. The highest BCUT2D eigenvalue weighted by Gasteiger charge is 2.21. The van der Waals surface area contributed by atoms with E-state index in [1.165, 1.54) is 22.7 Å². The summed E-state index contributed by atoms with van der Waals surface area (Å²) >= 11 is 2.89. The van der Waals surface area contributed by atoms with Crippen LogP contribution in [0.1, 0.15) is 24.2 Å². The number of hydrogen-bond acceptors (Lipinski definition) is 7. The number of thioether (sulfide) groups is 1. The van der Waals surface area contributed by atoms with Crippen molar-refractivity contribution in [2.45, 2.75) is 28.3 Å². The summed E-state index contributed by atoms with van der Waals surface area (Å²) < 4.78 is 27.4. The van der Waals surface area contributed by atoms with Crippen LogP contribution in [-0.4, -0.2) is 36.8 Å². The Morgan fingerprint density at radius 3 is 2.34 bits per heavy atom.